The number of hydrogen-bond donors (Lipinski definition) is 1. The van der Waals surface area contributed by atoms with Crippen LogP contribution in [-0.2, 0) is 43.0 Å². The molecule has 8 nitrogen and oxygen atoms in total. The summed E-state index contributed by atoms with van der Waals surface area (Å²) in [4.78, 5) is 36.6. The summed E-state index contributed by atoms with van der Waals surface area (Å²) in [5, 5.41) is 3.97. The van der Waals surface area contributed by atoms with Crippen LogP contribution in [0.5, 0.6) is 0 Å². The van der Waals surface area contributed by atoms with Crippen LogP contribution in [0.15, 0.2) is 96.5 Å². The Balaban J connectivity index is 0.954. The predicted octanol–water partition coefficient (Wildman–Crippen LogP) is 8.25. The number of nitrogens with zero attached hydrogens (tertiary/aromatic N) is 3. The molecule has 0 aliphatic carbocycles. The standard InChI is InChI=1S/C49H60N4O4/c1-7-36-22-37-25-49(44(50-37)23-39(36)33(4)30-57-6)41-13-9-11-15-43(41)53(47(49)55)28-35-18-16-34(17-19-35)27-52-42-14-10-8-12-40(42)48(46(52)54)20-21-51-26-31(2)38(24-45(48)51)32(3)29-56-5/h8-19,29-31,36-39,44-45,50H,7,20-28H2,1-6H3/b32-29-,33-30-/t31-,36-,37?,38?,39?,44?,45?,48+,49+/m0/s1. The number of nitrogens with one attached hydrogen (secondary N) is 1. The molecule has 3 aromatic rings. The molecule has 3 aromatic carbocycles. The van der Waals surface area contributed by atoms with Gasteiger partial charge in [0, 0.05) is 36.0 Å². The van der Waals surface area contributed by atoms with Crippen molar-refractivity contribution in [2.75, 3.05) is 37.1 Å². The van der Waals surface area contributed by atoms with Crippen LogP contribution in [0.3, 0.4) is 0 Å². The lowest BCUT2D eigenvalue weighted by atomic mass is 9.66. The third-order valence-corrected chi connectivity index (χ3v) is 15.3. The number of anilines is 2. The highest BCUT2D eigenvalue weighted by Crippen LogP contribution is 2.56. The number of fused-ring (bicyclic) bond motifs is 9. The number of carbonyl (C=O) groups is 2. The smallest absolute Gasteiger partial charge is 0.239 e. The maximum atomic E-state index is 15.0. The lowest BCUT2D eigenvalue weighted by molar-refractivity contribution is -0.125. The minimum atomic E-state index is -0.573. The Morgan fingerprint density at radius 2 is 1.33 bits per heavy atom. The zero-order valence-electron chi connectivity index (χ0n) is 34.7. The van der Waals surface area contributed by atoms with Gasteiger partial charge in [-0.3, -0.25) is 14.5 Å². The van der Waals surface area contributed by atoms with E-state index < -0.39 is 10.8 Å². The molecule has 8 heteroatoms. The molecule has 4 saturated heterocycles. The van der Waals surface area contributed by atoms with E-state index in [1.165, 1.54) is 22.3 Å². The first kappa shape index (κ1) is 38.1. The molecule has 4 fully saturated rings. The summed E-state index contributed by atoms with van der Waals surface area (Å²) < 4.78 is 10.9. The first-order valence-corrected chi connectivity index (χ1v) is 21.4. The molecule has 6 aliphatic rings. The van der Waals surface area contributed by atoms with Gasteiger partial charge in [-0.25, -0.2) is 0 Å². The summed E-state index contributed by atoms with van der Waals surface area (Å²) in [6.45, 7) is 12.0. The highest BCUT2D eigenvalue weighted by Gasteiger charge is 2.63. The molecular weight excluding hydrogens is 709 g/mol. The first-order chi connectivity index (χ1) is 27.6. The zero-order valence-corrected chi connectivity index (χ0v) is 34.7. The van der Waals surface area contributed by atoms with Gasteiger partial charge in [0.2, 0.25) is 11.8 Å². The molecule has 9 atom stereocenters. The highest BCUT2D eigenvalue weighted by atomic mass is 16.5. The largest absolute Gasteiger partial charge is 0.504 e. The zero-order chi connectivity index (χ0) is 39.6. The number of carbonyl (C=O) groups excluding carboxylic acids is 2. The first-order valence-electron chi connectivity index (χ1n) is 21.4. The molecule has 2 spiro atoms. The van der Waals surface area contributed by atoms with Gasteiger partial charge in [-0.2, -0.15) is 0 Å². The van der Waals surface area contributed by atoms with Crippen molar-refractivity contribution in [3.8, 4) is 0 Å². The topological polar surface area (TPSA) is 74.4 Å². The van der Waals surface area contributed by atoms with Crippen LogP contribution in [0, 0.1) is 23.7 Å². The SMILES string of the molecule is CC[C@H]1CC2C[C@]3(C(=O)N(Cc4ccc(CN5C(=O)[C@]6(CCN7C[C@H](C)C(/C(C)=C\OC)CC76)c6ccccc65)cc4)c4ccccc43)C(CC1/C(C)=C\OC)N2. The van der Waals surface area contributed by atoms with Crippen LogP contribution in [0.25, 0.3) is 0 Å². The number of benzene rings is 3. The van der Waals surface area contributed by atoms with E-state index in [9.17, 15) is 9.59 Å². The lowest BCUT2D eigenvalue weighted by Crippen LogP contribution is -2.54. The summed E-state index contributed by atoms with van der Waals surface area (Å²) in [7, 11) is 3.45. The molecular formula is C49H60N4O4. The third kappa shape index (κ3) is 5.91. The molecule has 2 bridgehead atoms. The van der Waals surface area contributed by atoms with Crippen molar-refractivity contribution in [2.24, 2.45) is 23.7 Å². The fraction of sp³-hybridized carbons (Fsp3) is 0.510. The van der Waals surface area contributed by atoms with Crippen molar-refractivity contribution in [1.82, 2.24) is 10.2 Å². The Morgan fingerprint density at radius 3 is 1.93 bits per heavy atom. The Morgan fingerprint density at radius 1 is 0.772 bits per heavy atom. The summed E-state index contributed by atoms with van der Waals surface area (Å²) in [5.41, 5.74) is 8.04. The molecule has 0 aromatic heterocycles. The Bertz CT molecular complexity index is 2090. The van der Waals surface area contributed by atoms with Crippen molar-refractivity contribution in [3.63, 3.8) is 0 Å². The Kier molecular flexibility index (Phi) is 9.88. The maximum absolute atomic E-state index is 15.0. The molecule has 0 radical (unpaired) electrons. The molecule has 1 N–H and O–H groups in total. The van der Waals surface area contributed by atoms with Crippen molar-refractivity contribution in [3.05, 3.63) is 119 Å². The average molecular weight is 769 g/mol. The number of methoxy groups -OCH3 is 2. The summed E-state index contributed by atoms with van der Waals surface area (Å²) in [6, 6.07) is 26.2. The van der Waals surface area contributed by atoms with E-state index in [1.54, 1.807) is 14.2 Å². The van der Waals surface area contributed by atoms with Gasteiger partial charge >= 0.3 is 0 Å². The minimum Gasteiger partial charge on any atom is -0.504 e. The van der Waals surface area contributed by atoms with E-state index in [0.717, 1.165) is 74.1 Å². The van der Waals surface area contributed by atoms with Gasteiger partial charge in [0.15, 0.2) is 0 Å². The number of allylic oxidation sites excluding steroid dienone is 2. The van der Waals surface area contributed by atoms with Gasteiger partial charge in [-0.1, -0.05) is 80.9 Å². The second-order valence-electron chi connectivity index (χ2n) is 18.2. The van der Waals surface area contributed by atoms with Gasteiger partial charge in [-0.15, -0.1) is 0 Å². The second kappa shape index (κ2) is 14.8. The summed E-state index contributed by atoms with van der Waals surface area (Å²) in [6.07, 6.45) is 9.56. The Labute approximate surface area is 339 Å². The summed E-state index contributed by atoms with van der Waals surface area (Å²) in [5.74, 6) is 2.28. The average Bonchev–Trinajstić information content (AvgIpc) is 3.86. The van der Waals surface area contributed by atoms with Crippen LogP contribution in [0.4, 0.5) is 11.4 Å². The number of hydrogen-bond acceptors (Lipinski definition) is 6. The number of rotatable bonds is 9. The van der Waals surface area contributed by atoms with Gasteiger partial charge in [0.05, 0.1) is 50.7 Å². The van der Waals surface area contributed by atoms with Gasteiger partial charge in [0.1, 0.15) is 0 Å². The van der Waals surface area contributed by atoms with E-state index >= 15 is 0 Å². The van der Waals surface area contributed by atoms with Gasteiger partial charge in [-0.05, 0) is 122 Å². The maximum Gasteiger partial charge on any atom is 0.239 e. The van der Waals surface area contributed by atoms with Crippen LogP contribution >= 0.6 is 0 Å². The lowest BCUT2D eigenvalue weighted by Gasteiger charge is -2.44. The van der Waals surface area contributed by atoms with Crippen LogP contribution in [0.2, 0.25) is 0 Å². The van der Waals surface area contributed by atoms with E-state index in [-0.39, 0.29) is 23.9 Å². The number of piperidine rings is 1. The molecule has 300 valence electrons. The van der Waals surface area contributed by atoms with Crippen LogP contribution < -0.4 is 15.1 Å². The number of para-hydroxylation sites is 2. The van der Waals surface area contributed by atoms with Crippen molar-refractivity contribution >= 4 is 23.2 Å². The molecule has 5 unspecified atom stereocenters. The minimum absolute atomic E-state index is 0.0649. The van der Waals surface area contributed by atoms with Crippen molar-refractivity contribution in [2.45, 2.75) is 108 Å². The highest BCUT2D eigenvalue weighted by molar-refractivity contribution is 6.10. The van der Waals surface area contributed by atoms with E-state index in [4.69, 9.17) is 9.47 Å². The molecule has 9 rings (SSSR count). The van der Waals surface area contributed by atoms with E-state index in [0.29, 0.717) is 42.8 Å². The molecule has 57 heavy (non-hydrogen) atoms. The number of ether oxygens (including phenoxy) is 2. The Hall–Kier alpha value is -4.40. The quantitative estimate of drug-likeness (QED) is 0.221. The van der Waals surface area contributed by atoms with E-state index in [1.807, 2.05) is 17.4 Å². The number of amides is 2. The van der Waals surface area contributed by atoms with Crippen LogP contribution in [-0.4, -0.2) is 62.1 Å². The van der Waals surface area contributed by atoms with Gasteiger partial charge < -0.3 is 24.6 Å². The molecule has 6 heterocycles. The van der Waals surface area contributed by atoms with Crippen LogP contribution in [0.1, 0.15) is 88.5 Å². The second-order valence-corrected chi connectivity index (χ2v) is 18.2. The summed E-state index contributed by atoms with van der Waals surface area (Å²) >= 11 is 0. The third-order valence-electron chi connectivity index (χ3n) is 15.3. The fourth-order valence-electron chi connectivity index (χ4n) is 12.7. The monoisotopic (exact) mass is 768 g/mol. The predicted molar refractivity (Wildman–Crippen MR) is 226 cm³/mol. The van der Waals surface area contributed by atoms with Crippen molar-refractivity contribution < 1.29 is 19.1 Å². The molecule has 6 aliphatic heterocycles. The fourth-order valence-corrected chi connectivity index (χ4v) is 12.7. The molecule has 2 amide bonds. The normalized spacial score (nSPS) is 33.5. The van der Waals surface area contributed by atoms with E-state index in [2.05, 4.69) is 116 Å². The molecule has 0 saturated carbocycles. The van der Waals surface area contributed by atoms with Crippen molar-refractivity contribution in [1.29, 1.82) is 0 Å². The van der Waals surface area contributed by atoms with Gasteiger partial charge in [0.25, 0.3) is 0 Å².